The fourth-order valence-corrected chi connectivity index (χ4v) is 4.36. The predicted molar refractivity (Wildman–Crippen MR) is 136 cm³/mol. The molecule has 0 fully saturated rings. The maximum absolute atomic E-state index is 12.1. The first-order valence-corrected chi connectivity index (χ1v) is 13.9. The van der Waals surface area contributed by atoms with E-state index in [0.29, 0.717) is 17.4 Å². The van der Waals surface area contributed by atoms with Crippen LogP contribution >= 0.6 is 0 Å². The van der Waals surface area contributed by atoms with E-state index in [9.17, 15) is 14.7 Å². The van der Waals surface area contributed by atoms with Crippen LogP contribution in [0.3, 0.4) is 0 Å². The molecule has 0 N–H and O–H groups in total. The Morgan fingerprint density at radius 1 is 0.667 bits per heavy atom. The normalized spacial score (nSPS) is 12.6. The molecule has 0 spiro atoms. The molecule has 5 nitrogen and oxygen atoms in total. The number of hydrogen-bond acceptors (Lipinski definition) is 4. The Bertz CT molecular complexity index is 473. The van der Waals surface area contributed by atoms with Crippen LogP contribution in [0.5, 0.6) is 0 Å². The fraction of sp³-hybridized carbons (Fsp3) is 0.929. The van der Waals surface area contributed by atoms with Gasteiger partial charge in [-0.1, -0.05) is 116 Å². The monoisotopic (exact) mass is 469 g/mol. The Hall–Kier alpha value is -1.10. The van der Waals surface area contributed by atoms with Crippen LogP contribution in [0, 0.1) is 0 Å². The molecular weight excluding hydrogens is 414 g/mol. The molecule has 0 heterocycles. The lowest BCUT2D eigenvalue weighted by Gasteiger charge is -2.29. The zero-order valence-corrected chi connectivity index (χ0v) is 22.5. The summed E-state index contributed by atoms with van der Waals surface area (Å²) in [6.07, 6.45) is 23.2. The number of rotatable bonds is 24. The Balaban J connectivity index is 3.47. The quantitative estimate of drug-likeness (QED) is 0.0962. The van der Waals surface area contributed by atoms with Crippen molar-refractivity contribution in [3.05, 3.63) is 0 Å². The van der Waals surface area contributed by atoms with E-state index in [1.165, 1.54) is 96.3 Å². The van der Waals surface area contributed by atoms with E-state index >= 15 is 0 Å². The molecule has 0 aromatic heterocycles. The summed E-state index contributed by atoms with van der Waals surface area (Å²) in [6.45, 7) is 2.75. The molecule has 0 aromatic carbocycles. The molecule has 196 valence electrons. The Labute approximate surface area is 205 Å². The molecular formula is C28H55NO4. The molecule has 33 heavy (non-hydrogen) atoms. The predicted octanol–water partition coefficient (Wildman–Crippen LogP) is 6.18. The topological polar surface area (TPSA) is 66.4 Å². The zero-order valence-electron chi connectivity index (χ0n) is 22.5. The second kappa shape index (κ2) is 21.4. The molecule has 1 atom stereocenters. The highest BCUT2D eigenvalue weighted by Gasteiger charge is 2.22. The van der Waals surface area contributed by atoms with Crippen molar-refractivity contribution in [1.82, 2.24) is 0 Å². The smallest absolute Gasteiger partial charge is 0.306 e. The zero-order chi connectivity index (χ0) is 24.8. The van der Waals surface area contributed by atoms with Gasteiger partial charge in [0.25, 0.3) is 0 Å². The minimum atomic E-state index is -1.17. The molecule has 5 heteroatoms. The number of carbonyl (C=O) groups excluding carboxylic acids is 2. The van der Waals surface area contributed by atoms with Crippen molar-refractivity contribution in [2.45, 2.75) is 141 Å². The Morgan fingerprint density at radius 2 is 1.03 bits per heavy atom. The van der Waals surface area contributed by atoms with Gasteiger partial charge < -0.3 is 19.1 Å². The van der Waals surface area contributed by atoms with Crippen molar-refractivity contribution in [3.63, 3.8) is 0 Å². The molecule has 0 amide bonds. The van der Waals surface area contributed by atoms with Gasteiger partial charge in [0.2, 0.25) is 0 Å². The first kappa shape index (κ1) is 31.9. The third-order valence-corrected chi connectivity index (χ3v) is 6.18. The third kappa shape index (κ3) is 25.4. The van der Waals surface area contributed by atoms with E-state index in [4.69, 9.17) is 4.74 Å². The summed E-state index contributed by atoms with van der Waals surface area (Å²) >= 11 is 0. The number of unbranched alkanes of at least 4 members (excludes halogenated alkanes) is 17. The SMILES string of the molecule is CCCCCCCCCCCCCCCCCCCCC(=O)O[C@H](CC(=O)[O-])C[N+](C)(C)C. The molecule has 0 saturated heterocycles. The second-order valence-corrected chi connectivity index (χ2v) is 10.9. The average molecular weight is 470 g/mol. The molecule has 0 aliphatic rings. The number of likely N-dealkylation sites (N-methyl/N-ethyl adjacent to an activating group) is 1. The molecule has 0 radical (unpaired) electrons. The van der Waals surface area contributed by atoms with Gasteiger partial charge in [0.15, 0.2) is 6.10 Å². The van der Waals surface area contributed by atoms with Crippen molar-refractivity contribution < 1.29 is 23.9 Å². The standard InChI is InChI=1S/C28H55NO4/c1-5-6-7-8-9-10-11-12-13-14-15-16-17-18-19-20-21-22-23-28(32)33-26(24-27(30)31)25-29(2,3)4/h26H,5-25H2,1-4H3/t26-/m1/s1. The summed E-state index contributed by atoms with van der Waals surface area (Å²) in [5.41, 5.74) is 0. The van der Waals surface area contributed by atoms with Crippen LogP contribution in [-0.2, 0) is 14.3 Å². The first-order valence-electron chi connectivity index (χ1n) is 13.9. The van der Waals surface area contributed by atoms with Gasteiger partial charge in [-0.2, -0.15) is 0 Å². The minimum Gasteiger partial charge on any atom is -0.550 e. The van der Waals surface area contributed by atoms with E-state index in [0.717, 1.165) is 19.3 Å². The van der Waals surface area contributed by atoms with Crippen molar-refractivity contribution >= 4 is 11.9 Å². The van der Waals surface area contributed by atoms with Crippen LogP contribution in [0.15, 0.2) is 0 Å². The van der Waals surface area contributed by atoms with Gasteiger partial charge in [0.1, 0.15) is 6.54 Å². The van der Waals surface area contributed by atoms with Crippen molar-refractivity contribution in [1.29, 1.82) is 0 Å². The summed E-state index contributed by atoms with van der Waals surface area (Å²) in [7, 11) is 5.86. The number of ether oxygens (including phenoxy) is 1. The van der Waals surface area contributed by atoms with E-state index in [-0.39, 0.29) is 12.4 Å². The fourth-order valence-electron chi connectivity index (χ4n) is 4.36. The van der Waals surface area contributed by atoms with Crippen LogP contribution in [-0.4, -0.2) is 50.2 Å². The lowest BCUT2D eigenvalue weighted by Crippen LogP contribution is -2.45. The van der Waals surface area contributed by atoms with Gasteiger partial charge in [-0.05, 0) is 6.42 Å². The van der Waals surface area contributed by atoms with Gasteiger partial charge in [-0.15, -0.1) is 0 Å². The number of carboxylic acid groups (broad SMARTS) is 1. The average Bonchev–Trinajstić information content (AvgIpc) is 2.71. The molecule has 0 aliphatic carbocycles. The number of aliphatic carboxylic acids is 1. The van der Waals surface area contributed by atoms with Crippen molar-refractivity contribution in [2.75, 3.05) is 27.7 Å². The number of nitrogens with zero attached hydrogens (tertiary/aromatic N) is 1. The Morgan fingerprint density at radius 3 is 1.36 bits per heavy atom. The van der Waals surface area contributed by atoms with Crippen molar-refractivity contribution in [3.8, 4) is 0 Å². The van der Waals surface area contributed by atoms with E-state index in [2.05, 4.69) is 6.92 Å². The second-order valence-electron chi connectivity index (χ2n) is 10.9. The highest BCUT2D eigenvalue weighted by molar-refractivity contribution is 5.70. The van der Waals surface area contributed by atoms with E-state index in [1.807, 2.05) is 21.1 Å². The summed E-state index contributed by atoms with van der Waals surface area (Å²) in [6, 6.07) is 0. The van der Waals surface area contributed by atoms with E-state index in [1.54, 1.807) is 0 Å². The van der Waals surface area contributed by atoms with Crippen LogP contribution in [0.1, 0.15) is 135 Å². The number of esters is 1. The lowest BCUT2D eigenvalue weighted by atomic mass is 10.0. The van der Waals surface area contributed by atoms with Crippen LogP contribution < -0.4 is 5.11 Å². The minimum absolute atomic E-state index is 0.236. The van der Waals surface area contributed by atoms with Crippen LogP contribution in [0.2, 0.25) is 0 Å². The summed E-state index contributed by atoms with van der Waals surface area (Å²) < 4.78 is 5.94. The largest absolute Gasteiger partial charge is 0.550 e. The van der Waals surface area contributed by atoms with Gasteiger partial charge in [-0.3, -0.25) is 4.79 Å². The number of carboxylic acids is 1. The molecule has 0 unspecified atom stereocenters. The van der Waals surface area contributed by atoms with Crippen LogP contribution in [0.4, 0.5) is 0 Å². The molecule has 0 saturated carbocycles. The van der Waals surface area contributed by atoms with Gasteiger partial charge in [-0.25, -0.2) is 0 Å². The summed E-state index contributed by atoms with van der Waals surface area (Å²) in [5.74, 6) is -1.46. The third-order valence-electron chi connectivity index (χ3n) is 6.18. The van der Waals surface area contributed by atoms with Crippen LogP contribution in [0.25, 0.3) is 0 Å². The Kier molecular flexibility index (Phi) is 20.7. The van der Waals surface area contributed by atoms with Gasteiger partial charge in [0, 0.05) is 18.8 Å². The number of carbonyl (C=O) groups is 2. The maximum atomic E-state index is 12.1. The summed E-state index contributed by atoms with van der Waals surface area (Å²) in [4.78, 5) is 23.0. The maximum Gasteiger partial charge on any atom is 0.306 e. The number of quaternary nitrogens is 1. The molecule has 0 aromatic rings. The summed E-state index contributed by atoms with van der Waals surface area (Å²) in [5, 5.41) is 10.9. The number of hydrogen-bond donors (Lipinski definition) is 0. The molecule has 0 bridgehead atoms. The van der Waals surface area contributed by atoms with Crippen molar-refractivity contribution in [2.24, 2.45) is 0 Å². The van der Waals surface area contributed by atoms with E-state index < -0.39 is 12.1 Å². The van der Waals surface area contributed by atoms with Gasteiger partial charge >= 0.3 is 5.97 Å². The first-order chi connectivity index (χ1) is 15.7. The molecule has 0 aliphatic heterocycles. The van der Waals surface area contributed by atoms with Gasteiger partial charge in [0.05, 0.1) is 21.1 Å². The molecule has 0 rings (SSSR count). The lowest BCUT2D eigenvalue weighted by molar-refractivity contribution is -0.873. The highest BCUT2D eigenvalue weighted by atomic mass is 16.5. The highest BCUT2D eigenvalue weighted by Crippen LogP contribution is 2.15.